The Morgan fingerprint density at radius 2 is 1.93 bits per heavy atom. The van der Waals surface area contributed by atoms with Gasteiger partial charge in [-0.15, -0.1) is 10.2 Å². The van der Waals surface area contributed by atoms with E-state index in [2.05, 4.69) is 10.2 Å². The topological polar surface area (TPSA) is 99.9 Å². The highest BCUT2D eigenvalue weighted by molar-refractivity contribution is 5.83. The van der Waals surface area contributed by atoms with E-state index < -0.39 is 0 Å². The van der Waals surface area contributed by atoms with E-state index in [9.17, 15) is 14.4 Å². The Hall–Kier alpha value is -2.45. The van der Waals surface area contributed by atoms with Gasteiger partial charge >= 0.3 is 0 Å². The predicted molar refractivity (Wildman–Crippen MR) is 95.2 cm³/mol. The Balaban J connectivity index is 1.48. The number of rotatable bonds is 7. The summed E-state index contributed by atoms with van der Waals surface area (Å²) < 4.78 is 5.33. The molecule has 0 bridgehead atoms. The lowest BCUT2D eigenvalue weighted by atomic mass is 9.96. The maximum absolute atomic E-state index is 12.7. The van der Waals surface area contributed by atoms with E-state index in [1.807, 2.05) is 4.90 Å². The lowest BCUT2D eigenvalue weighted by molar-refractivity contribution is -0.142. The molecule has 1 aromatic heterocycles. The van der Waals surface area contributed by atoms with Gasteiger partial charge in [-0.2, -0.15) is 0 Å². The summed E-state index contributed by atoms with van der Waals surface area (Å²) in [6, 6.07) is 0. The number of aromatic nitrogens is 2. The van der Waals surface area contributed by atoms with Gasteiger partial charge in [-0.25, -0.2) is 0 Å². The van der Waals surface area contributed by atoms with Crippen molar-refractivity contribution in [2.75, 3.05) is 33.2 Å². The SMILES string of the molecule is Cc1nnc(CN(C)C(=O)[C@@H]2CCC(=O)N(CCCN3CCCC3=O)C2)o1. The molecule has 9 heteroatoms. The highest BCUT2D eigenvalue weighted by Crippen LogP contribution is 2.21. The van der Waals surface area contributed by atoms with Crippen molar-refractivity contribution in [2.45, 2.75) is 45.6 Å². The van der Waals surface area contributed by atoms with Crippen LogP contribution in [0.15, 0.2) is 4.42 Å². The molecule has 1 atom stereocenters. The smallest absolute Gasteiger partial charge is 0.235 e. The van der Waals surface area contributed by atoms with Crippen molar-refractivity contribution < 1.29 is 18.8 Å². The maximum Gasteiger partial charge on any atom is 0.235 e. The van der Waals surface area contributed by atoms with Crippen LogP contribution in [0.5, 0.6) is 0 Å². The van der Waals surface area contributed by atoms with Crippen LogP contribution in [0.2, 0.25) is 0 Å². The average Bonchev–Trinajstić information content (AvgIpc) is 3.24. The predicted octanol–water partition coefficient (Wildman–Crippen LogP) is 0.588. The van der Waals surface area contributed by atoms with Crippen LogP contribution in [0.25, 0.3) is 0 Å². The second-order valence-corrected chi connectivity index (χ2v) is 7.32. The van der Waals surface area contributed by atoms with Crippen LogP contribution in [0.1, 0.15) is 43.9 Å². The van der Waals surface area contributed by atoms with Crippen molar-refractivity contribution in [3.05, 3.63) is 11.8 Å². The van der Waals surface area contributed by atoms with Crippen molar-refractivity contribution >= 4 is 17.7 Å². The van der Waals surface area contributed by atoms with Crippen molar-refractivity contribution in [1.82, 2.24) is 24.9 Å². The highest BCUT2D eigenvalue weighted by atomic mass is 16.4. The minimum absolute atomic E-state index is 0.0157. The second kappa shape index (κ2) is 8.49. The lowest BCUT2D eigenvalue weighted by Gasteiger charge is -2.34. The number of carbonyl (C=O) groups is 3. The van der Waals surface area contributed by atoms with Gasteiger partial charge in [0.1, 0.15) is 0 Å². The third kappa shape index (κ3) is 4.84. The fourth-order valence-electron chi connectivity index (χ4n) is 3.72. The first-order chi connectivity index (χ1) is 12.9. The van der Waals surface area contributed by atoms with E-state index in [0.717, 1.165) is 19.4 Å². The zero-order valence-corrected chi connectivity index (χ0v) is 16.0. The Morgan fingerprint density at radius 3 is 2.59 bits per heavy atom. The molecule has 0 N–H and O–H groups in total. The second-order valence-electron chi connectivity index (χ2n) is 7.32. The molecule has 0 radical (unpaired) electrons. The Kier molecular flexibility index (Phi) is 6.08. The molecular formula is C18H27N5O4. The Bertz CT molecular complexity index is 704. The zero-order valence-electron chi connectivity index (χ0n) is 16.0. The quantitative estimate of drug-likeness (QED) is 0.689. The number of hydrogen-bond donors (Lipinski definition) is 0. The summed E-state index contributed by atoms with van der Waals surface area (Å²) in [4.78, 5) is 41.8. The number of amides is 3. The summed E-state index contributed by atoms with van der Waals surface area (Å²) >= 11 is 0. The van der Waals surface area contributed by atoms with E-state index in [1.165, 1.54) is 0 Å². The van der Waals surface area contributed by atoms with E-state index in [4.69, 9.17) is 4.42 Å². The van der Waals surface area contributed by atoms with Crippen molar-refractivity contribution in [2.24, 2.45) is 5.92 Å². The molecular weight excluding hydrogens is 350 g/mol. The summed E-state index contributed by atoms with van der Waals surface area (Å²) in [7, 11) is 1.71. The molecule has 2 aliphatic heterocycles. The Labute approximate surface area is 158 Å². The number of carbonyl (C=O) groups excluding carboxylic acids is 3. The van der Waals surface area contributed by atoms with E-state index in [0.29, 0.717) is 50.7 Å². The first kappa shape index (κ1) is 19.3. The van der Waals surface area contributed by atoms with Gasteiger partial charge in [0, 0.05) is 53.0 Å². The molecule has 3 amide bonds. The zero-order chi connectivity index (χ0) is 19.4. The number of piperidine rings is 1. The van der Waals surface area contributed by atoms with Gasteiger partial charge < -0.3 is 19.1 Å². The number of likely N-dealkylation sites (tertiary alicyclic amines) is 2. The van der Waals surface area contributed by atoms with Crippen LogP contribution < -0.4 is 0 Å². The van der Waals surface area contributed by atoms with Crippen LogP contribution in [0, 0.1) is 12.8 Å². The maximum atomic E-state index is 12.7. The van der Waals surface area contributed by atoms with Gasteiger partial charge in [0.05, 0.1) is 12.5 Å². The molecule has 1 aromatic rings. The molecule has 9 nitrogen and oxygen atoms in total. The van der Waals surface area contributed by atoms with Crippen molar-refractivity contribution in [3.63, 3.8) is 0 Å². The Morgan fingerprint density at radius 1 is 1.19 bits per heavy atom. The average molecular weight is 377 g/mol. The van der Waals surface area contributed by atoms with Gasteiger partial charge in [0.25, 0.3) is 0 Å². The lowest BCUT2D eigenvalue weighted by Crippen LogP contribution is -2.46. The minimum atomic E-state index is -0.217. The molecule has 2 fully saturated rings. The van der Waals surface area contributed by atoms with Gasteiger partial charge in [0.2, 0.25) is 29.5 Å². The van der Waals surface area contributed by atoms with E-state index in [1.54, 1.807) is 23.8 Å². The molecule has 3 heterocycles. The molecule has 2 saturated heterocycles. The molecule has 0 spiro atoms. The first-order valence-electron chi connectivity index (χ1n) is 9.53. The van der Waals surface area contributed by atoms with Gasteiger partial charge in [-0.05, 0) is 19.3 Å². The fourth-order valence-corrected chi connectivity index (χ4v) is 3.72. The number of aryl methyl sites for hydroxylation is 1. The molecule has 0 aromatic carbocycles. The van der Waals surface area contributed by atoms with Gasteiger partial charge in [-0.3, -0.25) is 14.4 Å². The van der Waals surface area contributed by atoms with Gasteiger partial charge in [0.15, 0.2) is 0 Å². The van der Waals surface area contributed by atoms with E-state index >= 15 is 0 Å². The van der Waals surface area contributed by atoms with Crippen LogP contribution in [-0.2, 0) is 20.9 Å². The molecule has 0 saturated carbocycles. The number of nitrogens with zero attached hydrogens (tertiary/aromatic N) is 5. The molecule has 0 unspecified atom stereocenters. The summed E-state index contributed by atoms with van der Waals surface area (Å²) in [5.74, 6) is 0.926. The number of hydrogen-bond acceptors (Lipinski definition) is 6. The van der Waals surface area contributed by atoms with E-state index in [-0.39, 0.29) is 30.2 Å². The standard InChI is InChI=1S/C18H27N5O4/c1-13-19-20-15(27-13)12-21(2)18(26)14-6-7-17(25)23(11-14)10-4-9-22-8-3-5-16(22)24/h14H,3-12H2,1-2H3/t14-/m1/s1. The summed E-state index contributed by atoms with van der Waals surface area (Å²) in [5.41, 5.74) is 0. The summed E-state index contributed by atoms with van der Waals surface area (Å²) in [6.45, 7) is 4.48. The normalized spacial score (nSPS) is 20.4. The molecule has 0 aliphatic carbocycles. The molecule has 27 heavy (non-hydrogen) atoms. The highest BCUT2D eigenvalue weighted by Gasteiger charge is 2.32. The van der Waals surface area contributed by atoms with Crippen LogP contribution in [0.4, 0.5) is 0 Å². The third-order valence-corrected chi connectivity index (χ3v) is 5.19. The van der Waals surface area contributed by atoms with Crippen LogP contribution >= 0.6 is 0 Å². The van der Waals surface area contributed by atoms with Crippen LogP contribution in [0.3, 0.4) is 0 Å². The van der Waals surface area contributed by atoms with Gasteiger partial charge in [-0.1, -0.05) is 0 Å². The fraction of sp³-hybridized carbons (Fsp3) is 0.722. The largest absolute Gasteiger partial charge is 0.424 e. The van der Waals surface area contributed by atoms with Crippen molar-refractivity contribution in [1.29, 1.82) is 0 Å². The van der Waals surface area contributed by atoms with Crippen LogP contribution in [-0.4, -0.2) is 75.8 Å². The molecule has 3 rings (SSSR count). The summed E-state index contributed by atoms with van der Waals surface area (Å²) in [6.07, 6.45) is 3.24. The van der Waals surface area contributed by atoms with Crippen molar-refractivity contribution in [3.8, 4) is 0 Å². The molecule has 2 aliphatic rings. The monoisotopic (exact) mass is 377 g/mol. The summed E-state index contributed by atoms with van der Waals surface area (Å²) in [5, 5.41) is 7.69. The third-order valence-electron chi connectivity index (χ3n) is 5.19. The first-order valence-corrected chi connectivity index (χ1v) is 9.53. The molecule has 148 valence electrons. The minimum Gasteiger partial charge on any atom is -0.424 e.